The van der Waals surface area contributed by atoms with Crippen LogP contribution in [0.1, 0.15) is 29.5 Å². The minimum atomic E-state index is -4.73. The maximum absolute atomic E-state index is 12.2. The van der Waals surface area contributed by atoms with Crippen LogP contribution in [0, 0.1) is 6.92 Å². The normalized spacial score (nSPS) is 15.5. The second-order valence-electron chi connectivity index (χ2n) is 4.94. The number of carbonyl (C=O) groups is 1. The summed E-state index contributed by atoms with van der Waals surface area (Å²) in [7, 11) is 0. The van der Waals surface area contributed by atoms with Gasteiger partial charge in [-0.3, -0.25) is 4.79 Å². The van der Waals surface area contributed by atoms with E-state index < -0.39 is 18.4 Å². The van der Waals surface area contributed by atoms with E-state index in [1.54, 1.807) is 6.08 Å². The fourth-order valence-electron chi connectivity index (χ4n) is 2.31. The predicted octanol–water partition coefficient (Wildman–Crippen LogP) is 3.93. The lowest BCUT2D eigenvalue weighted by molar-refractivity contribution is -0.170. The van der Waals surface area contributed by atoms with E-state index in [0.29, 0.717) is 24.8 Å². The summed E-state index contributed by atoms with van der Waals surface area (Å²) in [5, 5.41) is 0. The molecule has 2 rings (SSSR count). The Morgan fingerprint density at radius 2 is 1.95 bits per heavy atom. The average Bonchev–Trinajstić information content (AvgIpc) is 2.50. The molecule has 0 spiro atoms. The van der Waals surface area contributed by atoms with Crippen LogP contribution in [-0.2, 0) is 17.6 Å². The van der Waals surface area contributed by atoms with Gasteiger partial charge in [0.25, 0.3) is 0 Å². The summed E-state index contributed by atoms with van der Waals surface area (Å²) >= 11 is 0. The molecule has 1 aliphatic rings. The molecule has 0 fully saturated rings. The van der Waals surface area contributed by atoms with Crippen LogP contribution in [-0.4, -0.2) is 12.0 Å². The van der Waals surface area contributed by atoms with Gasteiger partial charge in [-0.05, 0) is 37.3 Å². The zero-order valence-corrected chi connectivity index (χ0v) is 10.7. The van der Waals surface area contributed by atoms with Crippen molar-refractivity contribution >= 4 is 5.78 Å². The van der Waals surface area contributed by atoms with Crippen LogP contribution in [0.25, 0.3) is 0 Å². The fraction of sp³-hybridized carbons (Fsp3) is 0.400. The van der Waals surface area contributed by atoms with E-state index in [9.17, 15) is 18.0 Å². The van der Waals surface area contributed by atoms with Crippen molar-refractivity contribution in [2.24, 2.45) is 0 Å². The molecule has 0 aliphatic heterocycles. The van der Waals surface area contributed by atoms with Crippen molar-refractivity contribution in [2.75, 3.05) is 0 Å². The van der Waals surface area contributed by atoms with Crippen LogP contribution in [0.5, 0.6) is 0 Å². The second kappa shape index (κ2) is 5.19. The molecular formula is C15H15F3O. The highest BCUT2D eigenvalue weighted by molar-refractivity contribution is 5.86. The van der Waals surface area contributed by atoms with Crippen molar-refractivity contribution in [1.29, 1.82) is 0 Å². The first-order valence-corrected chi connectivity index (χ1v) is 6.22. The van der Waals surface area contributed by atoms with Gasteiger partial charge in [0.05, 0.1) is 0 Å². The van der Waals surface area contributed by atoms with Gasteiger partial charge in [0, 0.05) is 6.42 Å². The highest BCUT2D eigenvalue weighted by Crippen LogP contribution is 2.26. The maximum atomic E-state index is 12.2. The van der Waals surface area contributed by atoms with E-state index in [1.165, 1.54) is 0 Å². The summed E-state index contributed by atoms with van der Waals surface area (Å²) in [5.41, 5.74) is 4.05. The zero-order chi connectivity index (χ0) is 14.0. The van der Waals surface area contributed by atoms with E-state index >= 15 is 0 Å². The first-order chi connectivity index (χ1) is 8.86. The Bertz CT molecular complexity index is 527. The van der Waals surface area contributed by atoms with Crippen LogP contribution in [0.3, 0.4) is 0 Å². The predicted molar refractivity (Wildman–Crippen MR) is 67.0 cm³/mol. The molecule has 0 bridgehead atoms. The van der Waals surface area contributed by atoms with E-state index in [1.807, 2.05) is 19.1 Å². The van der Waals surface area contributed by atoms with Gasteiger partial charge in [0.15, 0.2) is 0 Å². The summed E-state index contributed by atoms with van der Waals surface area (Å²) in [6.07, 6.45) is -1.62. The molecule has 0 amide bonds. The second-order valence-corrected chi connectivity index (χ2v) is 4.94. The number of halogens is 3. The first-order valence-electron chi connectivity index (χ1n) is 6.22. The standard InChI is InChI=1S/C15H15F3O/c1-10-2-5-12-6-3-11(4-7-13(12)8-10)9-14(19)15(16,17)18/h2,4-5,8H,3,6-7,9H2,1H3. The number of allylic oxidation sites excluding steroid dienone is 2. The molecule has 0 radical (unpaired) electrons. The summed E-state index contributed by atoms with van der Waals surface area (Å²) in [5.74, 6) is -1.65. The maximum Gasteiger partial charge on any atom is 0.450 e. The number of hydrogen-bond acceptors (Lipinski definition) is 1. The molecule has 1 aliphatic carbocycles. The number of alkyl halides is 3. The number of hydrogen-bond donors (Lipinski definition) is 0. The van der Waals surface area contributed by atoms with Gasteiger partial charge in [0.1, 0.15) is 0 Å². The Kier molecular flexibility index (Phi) is 3.78. The Morgan fingerprint density at radius 3 is 2.63 bits per heavy atom. The first kappa shape index (κ1) is 13.8. The molecule has 0 saturated heterocycles. The van der Waals surface area contributed by atoms with Gasteiger partial charge in [-0.25, -0.2) is 0 Å². The molecule has 102 valence electrons. The topological polar surface area (TPSA) is 17.1 Å². The fourth-order valence-corrected chi connectivity index (χ4v) is 2.31. The molecule has 0 aromatic heterocycles. The SMILES string of the molecule is Cc1ccc2c(c1)CC=C(CC(=O)C(F)(F)F)CC2. The molecule has 1 aromatic rings. The van der Waals surface area contributed by atoms with Gasteiger partial charge in [-0.15, -0.1) is 0 Å². The molecule has 1 nitrogen and oxygen atoms in total. The number of benzene rings is 1. The molecule has 0 N–H and O–H groups in total. The van der Waals surface area contributed by atoms with E-state index in [4.69, 9.17) is 0 Å². The van der Waals surface area contributed by atoms with Crippen LogP contribution in [0.2, 0.25) is 0 Å². The number of rotatable bonds is 2. The van der Waals surface area contributed by atoms with Crippen LogP contribution in [0.15, 0.2) is 29.8 Å². The largest absolute Gasteiger partial charge is 0.450 e. The molecule has 0 saturated carbocycles. The minimum Gasteiger partial charge on any atom is -0.289 e. The van der Waals surface area contributed by atoms with Gasteiger partial charge < -0.3 is 0 Å². The number of aryl methyl sites for hydroxylation is 2. The van der Waals surface area contributed by atoms with Crippen molar-refractivity contribution < 1.29 is 18.0 Å². The molecule has 19 heavy (non-hydrogen) atoms. The lowest BCUT2D eigenvalue weighted by atomic mass is 10.00. The van der Waals surface area contributed by atoms with Gasteiger partial charge in [-0.2, -0.15) is 13.2 Å². The molecule has 0 unspecified atom stereocenters. The summed E-state index contributed by atoms with van der Waals surface area (Å²) in [6.45, 7) is 1.99. The van der Waals surface area contributed by atoms with Gasteiger partial charge >= 0.3 is 6.18 Å². The third kappa shape index (κ3) is 3.46. The molecule has 0 atom stereocenters. The van der Waals surface area contributed by atoms with E-state index in [0.717, 1.165) is 16.7 Å². The Balaban J connectivity index is 2.11. The quantitative estimate of drug-likeness (QED) is 0.743. The number of carbonyl (C=O) groups excluding carboxylic acids is 1. The van der Waals surface area contributed by atoms with Gasteiger partial charge in [-0.1, -0.05) is 35.4 Å². The zero-order valence-electron chi connectivity index (χ0n) is 10.7. The van der Waals surface area contributed by atoms with Crippen LogP contribution >= 0.6 is 0 Å². The lowest BCUT2D eigenvalue weighted by Gasteiger charge is -2.07. The summed E-state index contributed by atoms with van der Waals surface area (Å²) in [6, 6.07) is 6.08. The average molecular weight is 268 g/mol. The Labute approximate surface area is 110 Å². The number of ketones is 1. The smallest absolute Gasteiger partial charge is 0.289 e. The van der Waals surface area contributed by atoms with Crippen molar-refractivity contribution in [3.8, 4) is 0 Å². The van der Waals surface area contributed by atoms with Gasteiger partial charge in [0.2, 0.25) is 5.78 Å². The molecule has 0 heterocycles. The highest BCUT2D eigenvalue weighted by atomic mass is 19.4. The molecule has 4 heteroatoms. The van der Waals surface area contributed by atoms with Crippen LogP contribution < -0.4 is 0 Å². The Morgan fingerprint density at radius 1 is 1.21 bits per heavy atom. The summed E-state index contributed by atoms with van der Waals surface area (Å²) in [4.78, 5) is 11.0. The number of fused-ring (bicyclic) bond motifs is 1. The van der Waals surface area contributed by atoms with Crippen molar-refractivity contribution in [3.63, 3.8) is 0 Å². The minimum absolute atomic E-state index is 0.504. The highest BCUT2D eigenvalue weighted by Gasteiger charge is 2.38. The Hall–Kier alpha value is -1.58. The molecular weight excluding hydrogens is 253 g/mol. The van der Waals surface area contributed by atoms with E-state index in [-0.39, 0.29) is 0 Å². The number of Topliss-reactive ketones (excluding diaryl/α,β-unsaturated/α-hetero) is 1. The monoisotopic (exact) mass is 268 g/mol. The summed E-state index contributed by atoms with van der Waals surface area (Å²) < 4.78 is 36.7. The van der Waals surface area contributed by atoms with Crippen LogP contribution in [0.4, 0.5) is 13.2 Å². The van der Waals surface area contributed by atoms with E-state index in [2.05, 4.69) is 6.07 Å². The third-order valence-electron chi connectivity index (χ3n) is 3.39. The lowest BCUT2D eigenvalue weighted by Crippen LogP contribution is -2.22. The van der Waals surface area contributed by atoms with Crippen molar-refractivity contribution in [2.45, 2.75) is 38.8 Å². The van der Waals surface area contributed by atoms with Crippen molar-refractivity contribution in [1.82, 2.24) is 0 Å². The van der Waals surface area contributed by atoms with Crippen molar-refractivity contribution in [3.05, 3.63) is 46.5 Å². The molecule has 1 aromatic carbocycles. The third-order valence-corrected chi connectivity index (χ3v) is 3.39.